The molecule has 1 aliphatic rings. The molecule has 1 N–H and O–H groups in total. The van der Waals surface area contributed by atoms with Gasteiger partial charge in [-0.2, -0.15) is 0 Å². The van der Waals surface area contributed by atoms with Gasteiger partial charge in [0.1, 0.15) is 0 Å². The van der Waals surface area contributed by atoms with E-state index in [1.54, 1.807) is 18.2 Å². The summed E-state index contributed by atoms with van der Waals surface area (Å²) in [5.74, 6) is -0.219. The van der Waals surface area contributed by atoms with E-state index in [4.69, 9.17) is 34.8 Å². The van der Waals surface area contributed by atoms with Gasteiger partial charge in [-0.25, -0.2) is 0 Å². The third-order valence-corrected chi connectivity index (χ3v) is 6.78. The number of amides is 1. The average Bonchev–Trinajstić information content (AvgIpc) is 2.78. The number of hydrogen-bond donors (Lipinski definition) is 1. The Morgan fingerprint density at radius 1 is 0.875 bits per heavy atom. The summed E-state index contributed by atoms with van der Waals surface area (Å²) in [6, 6.07) is 18.9. The zero-order chi connectivity index (χ0) is 22.7. The minimum absolute atomic E-state index is 0.219. The maximum Gasteiger partial charge on any atom is 0.255 e. The van der Waals surface area contributed by atoms with Crippen LogP contribution in [0.4, 0.5) is 11.4 Å². The molecular formula is C25H24Cl3N3O. The van der Waals surface area contributed by atoms with Gasteiger partial charge in [-0.05, 0) is 54.4 Å². The zero-order valence-electron chi connectivity index (χ0n) is 17.7. The number of halogens is 3. The Labute approximate surface area is 203 Å². The lowest BCUT2D eigenvalue weighted by atomic mass is 10.1. The van der Waals surface area contributed by atoms with Crippen molar-refractivity contribution in [3.8, 4) is 0 Å². The van der Waals surface area contributed by atoms with Crippen molar-refractivity contribution in [2.24, 2.45) is 0 Å². The molecule has 0 bridgehead atoms. The van der Waals surface area contributed by atoms with Gasteiger partial charge in [-0.1, -0.05) is 59.1 Å². The van der Waals surface area contributed by atoms with Crippen LogP contribution in [-0.4, -0.2) is 37.0 Å². The van der Waals surface area contributed by atoms with Crippen molar-refractivity contribution in [3.63, 3.8) is 0 Å². The molecule has 7 heteroatoms. The molecule has 0 unspecified atom stereocenters. The second kappa shape index (κ2) is 10.1. The summed E-state index contributed by atoms with van der Waals surface area (Å²) in [5.41, 5.74) is 4.21. The molecule has 1 fully saturated rings. The van der Waals surface area contributed by atoms with E-state index in [0.717, 1.165) is 54.6 Å². The summed E-state index contributed by atoms with van der Waals surface area (Å²) in [5, 5.41) is 4.89. The number of anilines is 2. The first kappa shape index (κ1) is 22.9. The van der Waals surface area contributed by atoms with Gasteiger partial charge in [0.05, 0.1) is 10.7 Å². The number of carbonyl (C=O) groups excluding carboxylic acids is 1. The molecule has 32 heavy (non-hydrogen) atoms. The van der Waals surface area contributed by atoms with E-state index in [1.807, 2.05) is 43.3 Å². The molecule has 0 radical (unpaired) electrons. The first-order chi connectivity index (χ1) is 15.4. The largest absolute Gasteiger partial charge is 0.368 e. The fourth-order valence-corrected chi connectivity index (χ4v) is 4.47. The molecule has 0 spiro atoms. The summed E-state index contributed by atoms with van der Waals surface area (Å²) >= 11 is 19.0. The third-order valence-electron chi connectivity index (χ3n) is 5.70. The fraction of sp³-hybridized carbons (Fsp3) is 0.240. The standard InChI is InChI=1S/C25H24Cl3N3O/c1-17-6-7-18(14-22(17)27)25(32)29-20-8-9-24(23(28)15-20)31-12-10-30(11-13-31)16-19-4-2-3-5-21(19)26/h2-9,14-15H,10-13,16H2,1H3,(H,29,32). The Balaban J connectivity index is 1.37. The number of benzene rings is 3. The van der Waals surface area contributed by atoms with Crippen LogP contribution in [0.25, 0.3) is 0 Å². The highest BCUT2D eigenvalue weighted by Gasteiger charge is 2.20. The maximum absolute atomic E-state index is 12.5. The Bertz CT molecular complexity index is 1130. The van der Waals surface area contributed by atoms with E-state index in [2.05, 4.69) is 21.2 Å². The van der Waals surface area contributed by atoms with Gasteiger partial charge < -0.3 is 10.2 Å². The van der Waals surface area contributed by atoms with Crippen LogP contribution in [0.15, 0.2) is 60.7 Å². The van der Waals surface area contributed by atoms with Crippen molar-refractivity contribution in [1.29, 1.82) is 0 Å². The van der Waals surface area contributed by atoms with Crippen LogP contribution in [0, 0.1) is 6.92 Å². The fourth-order valence-electron chi connectivity index (χ4n) is 3.79. The van der Waals surface area contributed by atoms with Crippen molar-refractivity contribution < 1.29 is 4.79 Å². The van der Waals surface area contributed by atoms with Crippen LogP contribution in [0.5, 0.6) is 0 Å². The maximum atomic E-state index is 12.5. The van der Waals surface area contributed by atoms with Crippen molar-refractivity contribution in [1.82, 2.24) is 4.90 Å². The monoisotopic (exact) mass is 487 g/mol. The smallest absolute Gasteiger partial charge is 0.255 e. The van der Waals surface area contributed by atoms with Gasteiger partial charge in [0.15, 0.2) is 0 Å². The number of aryl methyl sites for hydroxylation is 1. The van der Waals surface area contributed by atoms with E-state index in [9.17, 15) is 4.79 Å². The van der Waals surface area contributed by atoms with E-state index in [-0.39, 0.29) is 5.91 Å². The Kier molecular flexibility index (Phi) is 7.27. The Hall–Kier alpha value is -2.24. The highest BCUT2D eigenvalue weighted by molar-refractivity contribution is 6.34. The van der Waals surface area contributed by atoms with Crippen molar-refractivity contribution in [3.05, 3.63) is 92.4 Å². The predicted molar refractivity (Wildman–Crippen MR) is 135 cm³/mol. The van der Waals surface area contributed by atoms with E-state index >= 15 is 0 Å². The zero-order valence-corrected chi connectivity index (χ0v) is 20.0. The van der Waals surface area contributed by atoms with Crippen molar-refractivity contribution in [2.45, 2.75) is 13.5 Å². The minimum atomic E-state index is -0.219. The normalized spacial score (nSPS) is 14.4. The van der Waals surface area contributed by atoms with Gasteiger partial charge in [-0.3, -0.25) is 9.69 Å². The molecule has 3 aromatic rings. The quantitative estimate of drug-likeness (QED) is 0.443. The van der Waals surface area contributed by atoms with E-state index < -0.39 is 0 Å². The number of hydrogen-bond acceptors (Lipinski definition) is 3. The van der Waals surface area contributed by atoms with Gasteiger partial charge in [-0.15, -0.1) is 0 Å². The lowest BCUT2D eigenvalue weighted by molar-refractivity contribution is 0.102. The molecule has 1 heterocycles. The lowest BCUT2D eigenvalue weighted by Gasteiger charge is -2.36. The molecular weight excluding hydrogens is 465 g/mol. The van der Waals surface area contributed by atoms with Crippen LogP contribution in [0.1, 0.15) is 21.5 Å². The second-order valence-electron chi connectivity index (χ2n) is 7.94. The van der Waals surface area contributed by atoms with Crippen LogP contribution < -0.4 is 10.2 Å². The van der Waals surface area contributed by atoms with Crippen LogP contribution in [0.2, 0.25) is 15.1 Å². The molecule has 3 aromatic carbocycles. The van der Waals surface area contributed by atoms with Crippen molar-refractivity contribution in [2.75, 3.05) is 36.4 Å². The topological polar surface area (TPSA) is 35.6 Å². The van der Waals surface area contributed by atoms with Crippen LogP contribution >= 0.6 is 34.8 Å². The highest BCUT2D eigenvalue weighted by Crippen LogP contribution is 2.30. The third kappa shape index (κ3) is 5.38. The van der Waals surface area contributed by atoms with Gasteiger partial charge in [0.25, 0.3) is 5.91 Å². The predicted octanol–water partition coefficient (Wildman–Crippen LogP) is 6.53. The first-order valence-electron chi connectivity index (χ1n) is 10.5. The number of piperazine rings is 1. The molecule has 0 saturated carbocycles. The Morgan fingerprint density at radius 2 is 1.62 bits per heavy atom. The number of carbonyl (C=O) groups is 1. The molecule has 1 amide bonds. The molecule has 1 saturated heterocycles. The lowest BCUT2D eigenvalue weighted by Crippen LogP contribution is -2.46. The molecule has 0 aliphatic carbocycles. The SMILES string of the molecule is Cc1ccc(C(=O)Nc2ccc(N3CCN(Cc4ccccc4Cl)CC3)c(Cl)c2)cc1Cl. The average molecular weight is 489 g/mol. The second-order valence-corrected chi connectivity index (χ2v) is 9.16. The molecule has 0 atom stereocenters. The van der Waals surface area contributed by atoms with E-state index in [1.165, 1.54) is 0 Å². The van der Waals surface area contributed by atoms with Crippen LogP contribution in [0.3, 0.4) is 0 Å². The van der Waals surface area contributed by atoms with Gasteiger partial charge >= 0.3 is 0 Å². The first-order valence-corrected chi connectivity index (χ1v) is 11.6. The number of nitrogens with zero attached hydrogens (tertiary/aromatic N) is 2. The summed E-state index contributed by atoms with van der Waals surface area (Å²) in [4.78, 5) is 17.2. The number of rotatable bonds is 5. The summed E-state index contributed by atoms with van der Waals surface area (Å²) < 4.78 is 0. The van der Waals surface area contributed by atoms with Crippen LogP contribution in [-0.2, 0) is 6.54 Å². The number of nitrogens with one attached hydrogen (secondary N) is 1. The summed E-state index contributed by atoms with van der Waals surface area (Å²) in [7, 11) is 0. The molecule has 166 valence electrons. The summed E-state index contributed by atoms with van der Waals surface area (Å²) in [6.45, 7) is 6.34. The van der Waals surface area contributed by atoms with E-state index in [0.29, 0.717) is 21.3 Å². The minimum Gasteiger partial charge on any atom is -0.368 e. The highest BCUT2D eigenvalue weighted by atomic mass is 35.5. The molecule has 4 rings (SSSR count). The van der Waals surface area contributed by atoms with Gasteiger partial charge in [0.2, 0.25) is 0 Å². The van der Waals surface area contributed by atoms with Crippen molar-refractivity contribution >= 4 is 52.1 Å². The molecule has 4 nitrogen and oxygen atoms in total. The Morgan fingerprint density at radius 3 is 2.31 bits per heavy atom. The summed E-state index contributed by atoms with van der Waals surface area (Å²) in [6.07, 6.45) is 0. The molecule has 0 aromatic heterocycles. The van der Waals surface area contributed by atoms with Gasteiger partial charge in [0, 0.05) is 54.0 Å². The molecule has 1 aliphatic heterocycles.